The highest BCUT2D eigenvalue weighted by Gasteiger charge is 2.57. The largest absolute Gasteiger partial charge is 0.481 e. The molecule has 0 aliphatic carbocycles. The van der Waals surface area contributed by atoms with Gasteiger partial charge in [-0.3, -0.25) is 28.5 Å². The number of phosphoric acid groups is 1. The predicted molar refractivity (Wildman–Crippen MR) is 219 cm³/mol. The van der Waals surface area contributed by atoms with Gasteiger partial charge in [0, 0.05) is 32.8 Å². The van der Waals surface area contributed by atoms with Crippen molar-refractivity contribution in [2.45, 2.75) is 153 Å². The van der Waals surface area contributed by atoms with Crippen molar-refractivity contribution in [1.82, 2.24) is 0 Å². The van der Waals surface area contributed by atoms with E-state index in [0.717, 1.165) is 59.3 Å². The second kappa shape index (κ2) is 24.4. The van der Waals surface area contributed by atoms with Gasteiger partial charge in [-0.05, 0) is 18.2 Å². The third kappa shape index (κ3) is 16.0. The van der Waals surface area contributed by atoms with Gasteiger partial charge in [-0.25, -0.2) is 13.3 Å². The summed E-state index contributed by atoms with van der Waals surface area (Å²) in [6, 6.07) is 0. The first-order valence-corrected chi connectivity index (χ1v) is 24.5. The number of primary amides is 1. The lowest BCUT2D eigenvalue weighted by Crippen LogP contribution is -2.64. The van der Waals surface area contributed by atoms with Crippen LogP contribution in [0.4, 0.5) is 15.1 Å². The van der Waals surface area contributed by atoms with E-state index < -0.39 is 119 Å². The Labute approximate surface area is 365 Å². The number of hydrogen-bond acceptors (Lipinski definition) is 21. The number of halogens is 1. The topological polar surface area (TPSA) is 344 Å². The number of rotatable bonds is 25. The minimum absolute atomic E-state index is 0.0410. The average Bonchev–Trinajstić information content (AvgIpc) is 3.61. The van der Waals surface area contributed by atoms with E-state index in [1.165, 1.54) is 12.8 Å². The Hall–Kier alpha value is -2.90. The third-order valence-corrected chi connectivity index (χ3v) is 14.0. The van der Waals surface area contributed by atoms with E-state index in [1.54, 1.807) is 0 Å². The van der Waals surface area contributed by atoms with E-state index in [1.807, 2.05) is 0 Å². The van der Waals surface area contributed by atoms with Crippen LogP contribution in [0.5, 0.6) is 0 Å². The van der Waals surface area contributed by atoms with E-state index in [0.29, 0.717) is 17.8 Å². The molecule has 1 aromatic heterocycles. The minimum atomic E-state index is -5.79. The molecule has 3 rings (SSSR count). The van der Waals surface area contributed by atoms with Crippen LogP contribution >= 0.6 is 25.9 Å². The first-order chi connectivity index (χ1) is 29.0. The molecule has 0 spiro atoms. The molecule has 22 nitrogen and oxygen atoms in total. The summed E-state index contributed by atoms with van der Waals surface area (Å²) in [5.41, 5.74) is 16.9. The number of aliphatic hydroxyl groups is 2. The minimum Gasteiger partial charge on any atom is -0.462 e. The van der Waals surface area contributed by atoms with Crippen LogP contribution in [-0.4, -0.2) is 118 Å². The Morgan fingerprint density at radius 1 is 0.855 bits per heavy atom. The first-order valence-electron chi connectivity index (χ1n) is 19.6. The van der Waals surface area contributed by atoms with Crippen molar-refractivity contribution >= 4 is 78.2 Å². The second-order valence-corrected chi connectivity index (χ2v) is 19.9. The zero-order chi connectivity index (χ0) is 46.5. The fourth-order valence-electron chi connectivity index (χ4n) is 6.65. The van der Waals surface area contributed by atoms with Crippen LogP contribution in [-0.2, 0) is 77.3 Å². The number of amides is 1. The number of unbranched alkanes of at least 4 members (excludes halogenated alkanes) is 8. The Morgan fingerprint density at radius 2 is 1.40 bits per heavy atom. The van der Waals surface area contributed by atoms with Crippen LogP contribution in [0.25, 0.3) is 0 Å². The SMILES string of the molecule is CCCCCCCCCCCC(=O)OC[C@H](F)[C@H]1O[C@@H](OP(=O)(O)OP(O)(=S)OC[C@H]2O[C@@H](c3c(N)sc(C(N)=O)c3N)[C@H](O)[C@@H]2O)[C@@H](OC(C)=O)[C@@H](OC(C)=O)[C@@H]1OC(C)=O. The van der Waals surface area contributed by atoms with Gasteiger partial charge in [-0.2, -0.15) is 0 Å². The molecule has 12 atom stereocenters. The van der Waals surface area contributed by atoms with Crippen molar-refractivity contribution in [2.75, 3.05) is 24.7 Å². The standard InChI is InChI=1S/C35H56FN3O19P2S2/c1-5-6-7-8-9-10-11-12-13-14-22(43)50-15-20(36)27-29(52-17(2)40)30(53-18(3)41)31(54-19(4)42)35(56-27)57-59(47,48)58-60(49,61)51-16-21-25(44)26(45)28(55-21)23-24(37)32(33(38)46)62-34(23)39/h20-21,25-31,35,44-45H,5-16,37,39H2,1-4H3,(H2,38,46)(H,47,48)(H,49,61)/t20-,21+,25+,26+,27+,28-,29+,30-,31-,35-,60?/m0/s1. The number of thiophene rings is 1. The quantitative estimate of drug-likeness (QED) is 0.0320. The lowest BCUT2D eigenvalue weighted by Gasteiger charge is -2.45. The summed E-state index contributed by atoms with van der Waals surface area (Å²) in [7, 11) is -5.79. The Kier molecular flexibility index (Phi) is 21.0. The second-order valence-electron chi connectivity index (χ2n) is 14.5. The summed E-state index contributed by atoms with van der Waals surface area (Å²) in [5.74, 6) is -4.95. The molecule has 0 bridgehead atoms. The molecule has 0 radical (unpaired) electrons. The van der Waals surface area contributed by atoms with Crippen molar-refractivity contribution in [2.24, 2.45) is 5.73 Å². The van der Waals surface area contributed by atoms with Crippen molar-refractivity contribution in [3.8, 4) is 0 Å². The Morgan fingerprint density at radius 3 is 1.95 bits per heavy atom. The van der Waals surface area contributed by atoms with Gasteiger partial charge in [0.05, 0.1) is 17.3 Å². The van der Waals surface area contributed by atoms with Crippen molar-refractivity contribution in [1.29, 1.82) is 0 Å². The van der Waals surface area contributed by atoms with E-state index in [9.17, 15) is 48.5 Å². The number of carbonyl (C=O) groups excluding carboxylic acids is 5. The molecule has 1 amide bonds. The molecular formula is C35H56FN3O19P2S2. The number of nitrogen functional groups attached to an aromatic ring is 2. The van der Waals surface area contributed by atoms with Crippen LogP contribution in [0, 0.1) is 0 Å². The highest BCUT2D eigenvalue weighted by Crippen LogP contribution is 2.62. The summed E-state index contributed by atoms with van der Waals surface area (Å²) in [6.07, 6.45) is -10.6. The third-order valence-electron chi connectivity index (χ3n) is 9.41. The maximum atomic E-state index is 16.1. The van der Waals surface area contributed by atoms with Crippen molar-refractivity contribution < 1.29 is 94.7 Å². The van der Waals surface area contributed by atoms with Gasteiger partial charge in [0.1, 0.15) is 42.0 Å². The number of carbonyl (C=O) groups is 5. The van der Waals surface area contributed by atoms with Gasteiger partial charge in [-0.15, -0.1) is 11.3 Å². The molecule has 10 N–H and O–H groups in total. The highest BCUT2D eigenvalue weighted by atomic mass is 32.5. The molecule has 3 heterocycles. The molecular weight excluding hydrogens is 911 g/mol. The smallest absolute Gasteiger partial charge is 0.462 e. The van der Waals surface area contributed by atoms with E-state index in [4.69, 9.17) is 70.8 Å². The molecule has 27 heteroatoms. The molecule has 354 valence electrons. The number of hydrogen-bond donors (Lipinski definition) is 7. The fraction of sp³-hybridized carbons (Fsp3) is 0.743. The molecule has 2 unspecified atom stereocenters. The molecule has 0 saturated carbocycles. The predicted octanol–water partition coefficient (Wildman–Crippen LogP) is 2.86. The number of alkyl halides is 1. The van der Waals surface area contributed by atoms with E-state index >= 15 is 4.39 Å². The van der Waals surface area contributed by atoms with Crippen molar-refractivity contribution in [3.05, 3.63) is 10.4 Å². The maximum Gasteiger partial charge on any atom is 0.481 e. The Balaban J connectivity index is 1.74. The Bertz CT molecular complexity index is 1810. The van der Waals surface area contributed by atoms with Gasteiger partial charge in [0.15, 0.2) is 24.5 Å². The lowest BCUT2D eigenvalue weighted by atomic mass is 9.95. The molecule has 2 fully saturated rings. The zero-order valence-corrected chi connectivity index (χ0v) is 37.9. The van der Waals surface area contributed by atoms with Crippen LogP contribution in [0.3, 0.4) is 0 Å². The number of phosphoric ester groups is 1. The summed E-state index contributed by atoms with van der Waals surface area (Å²) in [6.45, 7) is -2.03. The highest BCUT2D eigenvalue weighted by molar-refractivity contribution is 8.08. The number of anilines is 2. The number of esters is 4. The summed E-state index contributed by atoms with van der Waals surface area (Å²) in [5, 5.41) is 21.3. The summed E-state index contributed by atoms with van der Waals surface area (Å²) in [4.78, 5) is 82.3. The first kappa shape index (κ1) is 53.4. The van der Waals surface area contributed by atoms with Gasteiger partial charge >= 0.3 is 38.4 Å². The van der Waals surface area contributed by atoms with Gasteiger partial charge in [0.25, 0.3) is 5.91 Å². The van der Waals surface area contributed by atoms with Gasteiger partial charge in [-0.1, -0.05) is 58.3 Å². The number of aliphatic hydroxyl groups excluding tert-OH is 2. The normalized spacial score (nSPS) is 27.3. The number of nitrogens with two attached hydrogens (primary N) is 3. The zero-order valence-electron chi connectivity index (χ0n) is 34.5. The average molecular weight is 968 g/mol. The van der Waals surface area contributed by atoms with Gasteiger partial charge in [0.2, 0.25) is 6.29 Å². The van der Waals surface area contributed by atoms with Crippen LogP contribution < -0.4 is 17.2 Å². The molecule has 2 aliphatic rings. The van der Waals surface area contributed by atoms with Gasteiger partial charge < -0.3 is 70.1 Å². The monoisotopic (exact) mass is 967 g/mol. The fourth-order valence-corrected chi connectivity index (χ4v) is 10.6. The molecule has 0 aromatic carbocycles. The molecule has 2 aliphatic heterocycles. The lowest BCUT2D eigenvalue weighted by molar-refractivity contribution is -0.296. The summed E-state index contributed by atoms with van der Waals surface area (Å²) >= 11 is 5.56. The number of ether oxygens (including phenoxy) is 6. The molecule has 62 heavy (non-hydrogen) atoms. The maximum absolute atomic E-state index is 16.1. The summed E-state index contributed by atoms with van der Waals surface area (Å²) < 4.78 is 76.3. The molecule has 2 saturated heterocycles. The van der Waals surface area contributed by atoms with E-state index in [-0.39, 0.29) is 27.5 Å². The molecule has 1 aromatic rings. The van der Waals surface area contributed by atoms with Crippen LogP contribution in [0.15, 0.2) is 0 Å². The van der Waals surface area contributed by atoms with Crippen molar-refractivity contribution in [3.63, 3.8) is 0 Å². The van der Waals surface area contributed by atoms with E-state index in [2.05, 4.69) is 6.92 Å². The van der Waals surface area contributed by atoms with Crippen LogP contribution in [0.2, 0.25) is 0 Å². The van der Waals surface area contributed by atoms with Crippen LogP contribution in [0.1, 0.15) is 113 Å².